The molecule has 5 fully saturated rings. The van der Waals surface area contributed by atoms with E-state index in [2.05, 4.69) is 16.8 Å². The molecule has 30 heavy (non-hydrogen) atoms. The lowest BCUT2D eigenvalue weighted by atomic mass is 9.46. The van der Waals surface area contributed by atoms with Gasteiger partial charge < -0.3 is 19.7 Å². The van der Waals surface area contributed by atoms with Crippen LogP contribution < -0.4 is 5.32 Å². The summed E-state index contributed by atoms with van der Waals surface area (Å²) in [4.78, 5) is 13.5. The zero-order valence-corrected chi connectivity index (χ0v) is 18.1. The summed E-state index contributed by atoms with van der Waals surface area (Å²) in [6.45, 7) is 3.46. The van der Waals surface area contributed by atoms with E-state index in [9.17, 15) is 9.90 Å². The fourth-order valence-electron chi connectivity index (χ4n) is 7.34. The summed E-state index contributed by atoms with van der Waals surface area (Å²) in [5.74, 6) is 1.14. The van der Waals surface area contributed by atoms with Gasteiger partial charge in [0.05, 0.1) is 41.0 Å². The molecule has 4 saturated carbocycles. The van der Waals surface area contributed by atoms with Crippen molar-refractivity contribution in [2.75, 3.05) is 13.2 Å². The van der Waals surface area contributed by atoms with Crippen LogP contribution in [0.4, 0.5) is 0 Å². The first-order valence-corrected chi connectivity index (χ1v) is 11.6. The number of ether oxygens (including phenoxy) is 1. The first kappa shape index (κ1) is 19.1. The molecule has 1 amide bonds. The van der Waals surface area contributed by atoms with Gasteiger partial charge in [0.2, 0.25) is 0 Å². The van der Waals surface area contributed by atoms with E-state index in [1.165, 1.54) is 6.42 Å². The molecule has 1 aromatic heterocycles. The number of aliphatic hydroxyl groups is 1. The maximum absolute atomic E-state index is 13.5. The zero-order valence-electron chi connectivity index (χ0n) is 17.4. The lowest BCUT2D eigenvalue weighted by Gasteiger charge is -2.62. The van der Waals surface area contributed by atoms with Crippen molar-refractivity contribution in [1.82, 2.24) is 9.88 Å². The van der Waals surface area contributed by atoms with Gasteiger partial charge in [-0.25, -0.2) is 0 Å². The summed E-state index contributed by atoms with van der Waals surface area (Å²) in [5, 5.41) is 15.8. The minimum absolute atomic E-state index is 0.0124. The molecule has 6 heteroatoms. The number of carbonyl (C=O) groups is 1. The molecule has 4 aliphatic carbocycles. The van der Waals surface area contributed by atoms with E-state index < -0.39 is 5.60 Å². The SMILES string of the molecule is CC(NC(=O)c1cn(C2COC2)c2cccc(Cl)c12)C12C[C@@H]3C[C@H](CC(O)(C3)C1)C2. The molecule has 2 N–H and O–H groups in total. The molecule has 1 unspecified atom stereocenters. The third-order valence-electron chi connectivity index (χ3n) is 8.41. The van der Waals surface area contributed by atoms with Crippen LogP contribution in [0.1, 0.15) is 61.8 Å². The summed E-state index contributed by atoms with van der Waals surface area (Å²) in [6, 6.07) is 6.08. The van der Waals surface area contributed by atoms with Gasteiger partial charge in [-0.05, 0) is 74.8 Å². The Kier molecular flexibility index (Phi) is 4.13. The maximum atomic E-state index is 13.5. The average Bonchev–Trinajstić information content (AvgIpc) is 2.99. The van der Waals surface area contributed by atoms with E-state index in [0.717, 1.165) is 43.0 Å². The highest BCUT2D eigenvalue weighted by molar-refractivity contribution is 6.36. The molecule has 7 rings (SSSR count). The van der Waals surface area contributed by atoms with Gasteiger partial charge in [0.1, 0.15) is 0 Å². The van der Waals surface area contributed by atoms with Gasteiger partial charge >= 0.3 is 0 Å². The van der Waals surface area contributed by atoms with E-state index in [1.807, 2.05) is 24.4 Å². The number of hydrogen-bond donors (Lipinski definition) is 2. The predicted octanol–water partition coefficient (Wildman–Crippen LogP) is 4.32. The Hall–Kier alpha value is -1.56. The molecule has 5 aliphatic rings. The van der Waals surface area contributed by atoms with E-state index in [-0.39, 0.29) is 23.4 Å². The standard InChI is InChI=1S/C24H29ClN2O3/c1-14(23-6-15-5-16(7-23)9-24(29,8-15)13-23)26-22(28)18-10-27(17-11-30-12-17)20-4-2-3-19(25)21(18)20/h2-4,10,14-17,29H,5-9,11-13H2,1H3,(H,26,28)/t14?,15-,16-,23?,24?/m0/s1. The minimum atomic E-state index is -0.521. The number of carbonyl (C=O) groups excluding carboxylic acids is 1. The molecule has 0 radical (unpaired) electrons. The van der Waals surface area contributed by atoms with Gasteiger partial charge in [0.15, 0.2) is 0 Å². The second-order valence-electron chi connectivity index (χ2n) is 10.5. The molecule has 0 spiro atoms. The van der Waals surface area contributed by atoms with Gasteiger partial charge in [-0.1, -0.05) is 17.7 Å². The first-order chi connectivity index (χ1) is 14.4. The van der Waals surface area contributed by atoms with Crippen LogP contribution in [0.15, 0.2) is 24.4 Å². The largest absolute Gasteiger partial charge is 0.390 e. The molecule has 1 aromatic carbocycles. The molecule has 3 atom stereocenters. The topological polar surface area (TPSA) is 63.5 Å². The van der Waals surface area contributed by atoms with Crippen LogP contribution in [-0.2, 0) is 4.74 Å². The third-order valence-corrected chi connectivity index (χ3v) is 8.72. The molecular formula is C24H29ClN2O3. The second-order valence-corrected chi connectivity index (χ2v) is 10.9. The lowest BCUT2D eigenvalue weighted by molar-refractivity contribution is -0.171. The summed E-state index contributed by atoms with van der Waals surface area (Å²) < 4.78 is 7.51. The van der Waals surface area contributed by atoms with Gasteiger partial charge in [-0.15, -0.1) is 0 Å². The van der Waals surface area contributed by atoms with Crippen LogP contribution in [0.3, 0.4) is 0 Å². The van der Waals surface area contributed by atoms with E-state index in [1.54, 1.807) is 0 Å². The molecule has 2 heterocycles. The van der Waals surface area contributed by atoms with Gasteiger partial charge in [-0.3, -0.25) is 4.79 Å². The van der Waals surface area contributed by atoms with Crippen LogP contribution in [0.5, 0.6) is 0 Å². The summed E-state index contributed by atoms with van der Waals surface area (Å²) in [5.41, 5.74) is 1.11. The molecule has 1 saturated heterocycles. The fourth-order valence-corrected chi connectivity index (χ4v) is 7.62. The Balaban J connectivity index is 1.31. The summed E-state index contributed by atoms with van der Waals surface area (Å²) in [7, 11) is 0. The molecule has 4 bridgehead atoms. The van der Waals surface area contributed by atoms with Crippen molar-refractivity contribution >= 4 is 28.4 Å². The van der Waals surface area contributed by atoms with Crippen molar-refractivity contribution in [2.24, 2.45) is 17.3 Å². The fraction of sp³-hybridized carbons (Fsp3) is 0.625. The Morgan fingerprint density at radius 2 is 2.00 bits per heavy atom. The van der Waals surface area contributed by atoms with Crippen molar-refractivity contribution < 1.29 is 14.6 Å². The Morgan fingerprint density at radius 3 is 2.63 bits per heavy atom. The van der Waals surface area contributed by atoms with Crippen LogP contribution in [0.25, 0.3) is 10.9 Å². The maximum Gasteiger partial charge on any atom is 0.253 e. The monoisotopic (exact) mass is 428 g/mol. The Morgan fingerprint density at radius 1 is 1.27 bits per heavy atom. The van der Waals surface area contributed by atoms with E-state index in [0.29, 0.717) is 35.6 Å². The third kappa shape index (κ3) is 2.78. The zero-order chi connectivity index (χ0) is 20.7. The van der Waals surface area contributed by atoms with Crippen molar-refractivity contribution in [1.29, 1.82) is 0 Å². The van der Waals surface area contributed by atoms with Crippen molar-refractivity contribution in [3.05, 3.63) is 35.0 Å². The molecule has 1 aliphatic heterocycles. The molecular weight excluding hydrogens is 400 g/mol. The number of aromatic nitrogens is 1. The lowest BCUT2D eigenvalue weighted by Crippen LogP contribution is -2.61. The van der Waals surface area contributed by atoms with Crippen molar-refractivity contribution in [3.63, 3.8) is 0 Å². The van der Waals surface area contributed by atoms with Crippen LogP contribution >= 0.6 is 11.6 Å². The number of fused-ring (bicyclic) bond motifs is 1. The van der Waals surface area contributed by atoms with Gasteiger partial charge in [0, 0.05) is 17.6 Å². The second kappa shape index (κ2) is 6.47. The highest BCUT2D eigenvalue weighted by Gasteiger charge is 2.59. The van der Waals surface area contributed by atoms with Crippen LogP contribution in [-0.4, -0.2) is 40.4 Å². The van der Waals surface area contributed by atoms with E-state index in [4.69, 9.17) is 16.3 Å². The number of benzene rings is 1. The van der Waals surface area contributed by atoms with Crippen LogP contribution in [0.2, 0.25) is 5.02 Å². The first-order valence-electron chi connectivity index (χ1n) is 11.3. The number of hydrogen-bond acceptors (Lipinski definition) is 3. The Labute approximate surface area is 181 Å². The van der Waals surface area contributed by atoms with Crippen molar-refractivity contribution in [3.8, 4) is 0 Å². The molecule has 160 valence electrons. The summed E-state index contributed by atoms with van der Waals surface area (Å²) in [6.07, 6.45) is 8.13. The van der Waals surface area contributed by atoms with Crippen LogP contribution in [0, 0.1) is 17.3 Å². The normalized spacial score (nSPS) is 36.1. The number of rotatable bonds is 4. The van der Waals surface area contributed by atoms with Crippen molar-refractivity contribution in [2.45, 2.75) is 63.1 Å². The predicted molar refractivity (Wildman–Crippen MR) is 116 cm³/mol. The highest BCUT2D eigenvalue weighted by atomic mass is 35.5. The smallest absolute Gasteiger partial charge is 0.253 e. The van der Waals surface area contributed by atoms with E-state index >= 15 is 0 Å². The highest BCUT2D eigenvalue weighted by Crippen LogP contribution is 2.62. The number of halogens is 1. The average molecular weight is 429 g/mol. The summed E-state index contributed by atoms with van der Waals surface area (Å²) >= 11 is 6.54. The number of nitrogens with one attached hydrogen (secondary N) is 1. The van der Waals surface area contributed by atoms with Gasteiger partial charge in [-0.2, -0.15) is 0 Å². The number of amides is 1. The Bertz CT molecular complexity index is 1010. The minimum Gasteiger partial charge on any atom is -0.390 e. The van der Waals surface area contributed by atoms with Gasteiger partial charge in [0.25, 0.3) is 5.91 Å². The number of nitrogens with zero attached hydrogens (tertiary/aromatic N) is 1. The molecule has 5 nitrogen and oxygen atoms in total. The quantitative estimate of drug-likeness (QED) is 0.762. The molecule has 2 aromatic rings.